The van der Waals surface area contributed by atoms with Gasteiger partial charge in [-0.2, -0.15) is 0 Å². The average Bonchev–Trinajstić information content (AvgIpc) is 1.82. The lowest BCUT2D eigenvalue weighted by molar-refractivity contribution is -0.139. The fraction of sp³-hybridized carbons (Fsp3) is 0.500. The summed E-state index contributed by atoms with van der Waals surface area (Å²) in [6, 6.07) is 0. The maximum atomic E-state index is 10.6. The normalized spacial score (nSPS) is 12.5. The zero-order valence-corrected chi connectivity index (χ0v) is 9.72. The van der Waals surface area contributed by atoms with E-state index in [4.69, 9.17) is 26.0 Å². The Morgan fingerprint density at radius 3 is 2.00 bits per heavy atom. The highest BCUT2D eigenvalue weighted by Gasteiger charge is 2.40. The Bertz CT molecular complexity index is 278. The van der Waals surface area contributed by atoms with E-state index < -0.39 is 25.3 Å². The number of aliphatic carboxylic acids is 1. The Morgan fingerprint density at radius 2 is 1.93 bits per heavy atom. The van der Waals surface area contributed by atoms with Gasteiger partial charge < -0.3 is 25.5 Å². The molecule has 6 N–H and O–H groups in total. The van der Waals surface area contributed by atoms with Crippen LogP contribution >= 0.6 is 7.60 Å². The molecule has 0 aliphatic heterocycles. The van der Waals surface area contributed by atoms with E-state index in [-0.39, 0.29) is 23.1 Å². The van der Waals surface area contributed by atoms with Crippen molar-refractivity contribution in [2.24, 2.45) is 5.73 Å². The Balaban J connectivity index is 0. The van der Waals surface area contributed by atoms with E-state index in [0.29, 0.717) is 4.90 Å². The molecule has 14 heavy (non-hydrogen) atoms. The number of rotatable bonds is 3. The third-order valence-electron chi connectivity index (χ3n) is 1.29. The summed E-state index contributed by atoms with van der Waals surface area (Å²) in [6.45, 7) is 0. The Hall–Kier alpha value is -0.344. The van der Waals surface area contributed by atoms with E-state index in [1.54, 1.807) is 0 Å². The fourth-order valence-corrected chi connectivity index (χ4v) is 1.53. The molecule has 0 heterocycles. The molecule has 0 bridgehead atoms. The molecule has 1 atom stereocenters. The van der Waals surface area contributed by atoms with E-state index in [2.05, 4.69) is 0 Å². The quantitative estimate of drug-likeness (QED) is 0.165. The Kier molecular flexibility index (Phi) is 6.34. The number of nitrogens with one attached hydrogen (secondary N) is 1. The molecule has 1 unspecified atom stereocenters. The molecule has 0 saturated heterocycles. The molecule has 0 saturated carbocycles. The number of likely N-dealkylation sites (N-methyl/N-ethyl adjacent to an activating group) is 1. The minimum absolute atomic E-state index is 0. The van der Waals surface area contributed by atoms with Gasteiger partial charge in [-0.15, -0.1) is 0 Å². The second-order valence-corrected chi connectivity index (χ2v) is 3.96. The molecular formula is C4H10MgN3O5P. The molecule has 2 radical (unpaired) electrons. The maximum absolute atomic E-state index is 10.6. The second-order valence-electron chi connectivity index (χ2n) is 2.30. The van der Waals surface area contributed by atoms with Gasteiger partial charge in [0, 0.05) is 30.1 Å². The van der Waals surface area contributed by atoms with Crippen molar-refractivity contribution in [1.82, 2.24) is 4.90 Å². The van der Waals surface area contributed by atoms with E-state index in [1.165, 1.54) is 0 Å². The predicted octanol–water partition coefficient (Wildman–Crippen LogP) is -1.98. The van der Waals surface area contributed by atoms with E-state index >= 15 is 0 Å². The van der Waals surface area contributed by atoms with Gasteiger partial charge in [0.2, 0.25) is 5.78 Å². The number of hydrogen-bond acceptors (Lipinski definition) is 3. The molecule has 0 spiro atoms. The number of carboxylic acid groups (broad SMARTS) is 1. The first kappa shape index (κ1) is 16.1. The van der Waals surface area contributed by atoms with Crippen molar-refractivity contribution in [2.45, 2.75) is 5.78 Å². The van der Waals surface area contributed by atoms with Gasteiger partial charge in [0.05, 0.1) is 0 Å². The third kappa shape index (κ3) is 4.25. The Labute approximate surface area is 95.9 Å². The molecule has 0 aromatic carbocycles. The minimum Gasteiger partial charge on any atom is -0.479 e. The van der Waals surface area contributed by atoms with Crippen LogP contribution in [0, 0.1) is 5.41 Å². The SMILES string of the molecule is CN(C(=N)N)C(C(=O)O)P(=O)(O)O.[Mg]. The zero-order chi connectivity index (χ0) is 10.8. The van der Waals surface area contributed by atoms with Gasteiger partial charge >= 0.3 is 13.6 Å². The summed E-state index contributed by atoms with van der Waals surface area (Å²) in [5.41, 5.74) is 4.87. The Morgan fingerprint density at radius 1 is 1.57 bits per heavy atom. The molecular weight excluding hydrogens is 225 g/mol. The molecule has 0 amide bonds. The summed E-state index contributed by atoms with van der Waals surface area (Å²) in [7, 11) is -3.82. The largest absolute Gasteiger partial charge is 0.479 e. The van der Waals surface area contributed by atoms with Crippen molar-refractivity contribution in [3.05, 3.63) is 0 Å². The van der Waals surface area contributed by atoms with E-state index in [1.807, 2.05) is 0 Å². The molecule has 0 fully saturated rings. The number of hydrogen-bond donors (Lipinski definition) is 5. The first-order chi connectivity index (χ1) is 5.68. The predicted molar refractivity (Wildman–Crippen MR) is 48.9 cm³/mol. The monoisotopic (exact) mass is 235 g/mol. The van der Waals surface area contributed by atoms with Crippen LogP contribution in [0.4, 0.5) is 0 Å². The topological polar surface area (TPSA) is 148 Å². The highest BCUT2D eigenvalue weighted by atomic mass is 31.2. The van der Waals surface area contributed by atoms with Crippen molar-refractivity contribution in [3.63, 3.8) is 0 Å². The molecule has 78 valence electrons. The summed E-state index contributed by atoms with van der Waals surface area (Å²) < 4.78 is 10.6. The standard InChI is InChI=1S/C4H10N3O5P.Mg/c1-7(4(5)6)2(3(8)9)13(10,11)12;/h2H,1H3,(H3,5,6)(H,8,9)(H2,10,11,12);. The van der Waals surface area contributed by atoms with Crippen LogP contribution < -0.4 is 5.73 Å². The van der Waals surface area contributed by atoms with Crippen molar-refractivity contribution in [3.8, 4) is 0 Å². The zero-order valence-electron chi connectivity index (χ0n) is 7.41. The summed E-state index contributed by atoms with van der Waals surface area (Å²) in [4.78, 5) is 28.1. The first-order valence-corrected chi connectivity index (χ1v) is 4.71. The van der Waals surface area contributed by atoms with Gasteiger partial charge in [-0.05, 0) is 0 Å². The lowest BCUT2D eigenvalue weighted by atomic mass is 10.6. The van der Waals surface area contributed by atoms with E-state index in [9.17, 15) is 9.36 Å². The lowest BCUT2D eigenvalue weighted by Crippen LogP contribution is -2.45. The van der Waals surface area contributed by atoms with Crippen molar-refractivity contribution >= 4 is 42.6 Å². The van der Waals surface area contributed by atoms with Crippen molar-refractivity contribution in [1.29, 1.82) is 5.41 Å². The van der Waals surface area contributed by atoms with Gasteiger partial charge in [0.1, 0.15) is 0 Å². The van der Waals surface area contributed by atoms with Crippen molar-refractivity contribution < 1.29 is 24.3 Å². The number of nitrogens with two attached hydrogens (primary N) is 1. The number of guanidine groups is 1. The van der Waals surface area contributed by atoms with Crippen LogP contribution in [-0.4, -0.2) is 67.6 Å². The van der Waals surface area contributed by atoms with Crippen LogP contribution in [0.15, 0.2) is 0 Å². The number of carbonyl (C=O) groups is 1. The van der Waals surface area contributed by atoms with Crippen LogP contribution in [0.2, 0.25) is 0 Å². The van der Waals surface area contributed by atoms with Crippen LogP contribution in [0.25, 0.3) is 0 Å². The molecule has 8 nitrogen and oxygen atoms in total. The first-order valence-electron chi connectivity index (χ1n) is 3.02. The smallest absolute Gasteiger partial charge is 0.359 e. The van der Waals surface area contributed by atoms with E-state index in [0.717, 1.165) is 7.05 Å². The van der Waals surface area contributed by atoms with Gasteiger partial charge in [-0.1, -0.05) is 0 Å². The highest BCUT2D eigenvalue weighted by molar-refractivity contribution is 7.53. The van der Waals surface area contributed by atoms with Gasteiger partial charge in [0.25, 0.3) is 0 Å². The van der Waals surface area contributed by atoms with Gasteiger partial charge in [-0.3, -0.25) is 9.97 Å². The van der Waals surface area contributed by atoms with Gasteiger partial charge in [-0.25, -0.2) is 4.79 Å². The molecule has 0 aliphatic carbocycles. The second kappa shape index (κ2) is 5.52. The number of carboxylic acids is 1. The summed E-state index contributed by atoms with van der Waals surface area (Å²) in [5, 5.41) is 15.2. The van der Waals surface area contributed by atoms with Crippen molar-refractivity contribution in [2.75, 3.05) is 7.05 Å². The summed E-state index contributed by atoms with van der Waals surface area (Å²) in [6.07, 6.45) is 0. The van der Waals surface area contributed by atoms with Crippen LogP contribution in [0.5, 0.6) is 0 Å². The fourth-order valence-electron chi connectivity index (χ4n) is 0.667. The van der Waals surface area contributed by atoms with Crippen LogP contribution in [0.3, 0.4) is 0 Å². The molecule has 0 aromatic heterocycles. The van der Waals surface area contributed by atoms with Crippen LogP contribution in [0.1, 0.15) is 0 Å². The lowest BCUT2D eigenvalue weighted by Gasteiger charge is -2.24. The average molecular weight is 235 g/mol. The molecule has 0 aliphatic rings. The summed E-state index contributed by atoms with van der Waals surface area (Å²) in [5.74, 6) is -4.56. The summed E-state index contributed by atoms with van der Waals surface area (Å²) >= 11 is 0. The minimum atomic E-state index is -4.84. The maximum Gasteiger partial charge on any atom is 0.359 e. The molecule has 10 heteroatoms. The highest BCUT2D eigenvalue weighted by Crippen LogP contribution is 2.42. The van der Waals surface area contributed by atoms with Gasteiger partial charge in [0.15, 0.2) is 5.96 Å². The number of nitrogens with zero attached hydrogens (tertiary/aromatic N) is 1. The third-order valence-corrected chi connectivity index (χ3v) is 2.49. The van der Waals surface area contributed by atoms with Crippen LogP contribution in [-0.2, 0) is 9.36 Å². The molecule has 0 aromatic rings. The molecule has 0 rings (SSSR count).